The van der Waals surface area contributed by atoms with Gasteiger partial charge in [-0.05, 0) is 13.8 Å². The molecule has 14 heavy (non-hydrogen) atoms. The number of ether oxygens (including phenoxy) is 2. The van der Waals surface area contributed by atoms with Gasteiger partial charge in [0.25, 0.3) is 0 Å². The Bertz CT molecular complexity index is 229. The van der Waals surface area contributed by atoms with Crippen molar-refractivity contribution in [2.45, 2.75) is 38.2 Å². The van der Waals surface area contributed by atoms with Gasteiger partial charge in [-0.1, -0.05) is 0 Å². The molecule has 5 heteroatoms. The summed E-state index contributed by atoms with van der Waals surface area (Å²) in [6.45, 7) is 4.43. The summed E-state index contributed by atoms with van der Waals surface area (Å²) in [5, 5.41) is 9.74. The first-order valence-corrected chi connectivity index (χ1v) is 4.56. The number of isocyanates is 1. The van der Waals surface area contributed by atoms with Gasteiger partial charge in [0.05, 0.1) is 24.9 Å². The number of rotatable bonds is 4. The van der Waals surface area contributed by atoms with Crippen LogP contribution in [0.3, 0.4) is 0 Å². The number of carbonyl (C=O) groups excluding carboxylic acids is 1. The number of hydrogen-bond acceptors (Lipinski definition) is 5. The Morgan fingerprint density at radius 1 is 1.57 bits per heavy atom. The molecule has 0 unspecified atom stereocenters. The molecule has 0 saturated carbocycles. The lowest BCUT2D eigenvalue weighted by molar-refractivity contribution is -0.0794. The molecule has 1 N–H and O–H groups in total. The highest BCUT2D eigenvalue weighted by Gasteiger charge is 2.31. The van der Waals surface area contributed by atoms with Crippen LogP contribution in [0.2, 0.25) is 0 Å². The van der Waals surface area contributed by atoms with E-state index in [4.69, 9.17) is 9.47 Å². The highest BCUT2D eigenvalue weighted by atomic mass is 16.7. The van der Waals surface area contributed by atoms with Crippen molar-refractivity contribution in [3.63, 3.8) is 0 Å². The molecule has 0 aromatic carbocycles. The maximum absolute atomic E-state index is 10.1. The lowest BCUT2D eigenvalue weighted by Crippen LogP contribution is -2.37. The zero-order valence-corrected chi connectivity index (χ0v) is 8.40. The minimum absolute atomic E-state index is 0.318. The molecule has 1 aliphatic heterocycles. The lowest BCUT2D eigenvalue weighted by Gasteiger charge is -2.26. The second-order valence-corrected chi connectivity index (χ2v) is 3.78. The van der Waals surface area contributed by atoms with Crippen molar-refractivity contribution in [1.29, 1.82) is 0 Å². The van der Waals surface area contributed by atoms with E-state index < -0.39 is 11.6 Å². The second kappa shape index (κ2) is 4.66. The SMILES string of the molecule is CC(C)(N=C=O)[C@@H](O)CC1OCCO1. The smallest absolute Gasteiger partial charge is 0.235 e. The molecule has 1 rings (SSSR count). The Labute approximate surface area is 82.7 Å². The van der Waals surface area contributed by atoms with Crippen LogP contribution in [0, 0.1) is 0 Å². The number of hydrogen-bond donors (Lipinski definition) is 1. The molecule has 0 aliphatic carbocycles. The van der Waals surface area contributed by atoms with Crippen molar-refractivity contribution >= 4 is 6.08 Å². The summed E-state index contributed by atoms with van der Waals surface area (Å²) in [4.78, 5) is 13.6. The number of aliphatic hydroxyl groups excluding tert-OH is 1. The van der Waals surface area contributed by atoms with Crippen LogP contribution in [0.1, 0.15) is 20.3 Å². The molecular formula is C9H15NO4. The highest BCUT2D eigenvalue weighted by molar-refractivity contribution is 5.34. The standard InChI is InChI=1S/C9H15NO4/c1-9(2,10-6-11)7(12)5-8-13-3-4-14-8/h7-8,12H,3-5H2,1-2H3/t7-/m0/s1. The first-order chi connectivity index (χ1) is 6.56. The predicted octanol–water partition coefficient (Wildman–Crippen LogP) is 0.225. The fraction of sp³-hybridized carbons (Fsp3) is 0.889. The quantitative estimate of drug-likeness (QED) is 0.522. The summed E-state index contributed by atoms with van der Waals surface area (Å²) >= 11 is 0. The number of aliphatic hydroxyl groups is 1. The normalized spacial score (nSPS) is 20.5. The van der Waals surface area contributed by atoms with Gasteiger partial charge in [-0.3, -0.25) is 0 Å². The molecular weight excluding hydrogens is 186 g/mol. The van der Waals surface area contributed by atoms with Crippen LogP contribution < -0.4 is 0 Å². The molecule has 0 amide bonds. The van der Waals surface area contributed by atoms with Gasteiger partial charge in [-0.25, -0.2) is 4.79 Å². The number of aliphatic imine (C=N–C) groups is 1. The van der Waals surface area contributed by atoms with Crippen LogP contribution in [-0.2, 0) is 14.3 Å². The third kappa shape index (κ3) is 2.89. The van der Waals surface area contributed by atoms with E-state index in [9.17, 15) is 9.90 Å². The van der Waals surface area contributed by atoms with Crippen LogP contribution in [0.25, 0.3) is 0 Å². The van der Waals surface area contributed by atoms with E-state index in [1.54, 1.807) is 13.8 Å². The van der Waals surface area contributed by atoms with E-state index in [0.717, 1.165) is 0 Å². The van der Waals surface area contributed by atoms with Crippen LogP contribution in [-0.4, -0.2) is 42.3 Å². The Hall–Kier alpha value is -0.740. The fourth-order valence-corrected chi connectivity index (χ4v) is 1.21. The van der Waals surface area contributed by atoms with Gasteiger partial charge >= 0.3 is 0 Å². The minimum atomic E-state index is -0.836. The second-order valence-electron chi connectivity index (χ2n) is 3.78. The van der Waals surface area contributed by atoms with Crippen LogP contribution in [0.5, 0.6) is 0 Å². The third-order valence-electron chi connectivity index (χ3n) is 2.26. The molecule has 1 aliphatic rings. The summed E-state index contributed by atoms with van der Waals surface area (Å²) in [5.74, 6) is 0. The average molecular weight is 201 g/mol. The van der Waals surface area contributed by atoms with Crippen molar-refractivity contribution in [2.24, 2.45) is 4.99 Å². The van der Waals surface area contributed by atoms with Crippen molar-refractivity contribution in [1.82, 2.24) is 0 Å². The predicted molar refractivity (Wildman–Crippen MR) is 48.5 cm³/mol. The van der Waals surface area contributed by atoms with Crippen LogP contribution in [0.4, 0.5) is 0 Å². The van der Waals surface area contributed by atoms with Gasteiger partial charge in [0.1, 0.15) is 0 Å². The molecule has 0 aromatic rings. The monoisotopic (exact) mass is 201 g/mol. The van der Waals surface area contributed by atoms with Gasteiger partial charge in [-0.2, -0.15) is 4.99 Å². The zero-order valence-electron chi connectivity index (χ0n) is 8.40. The highest BCUT2D eigenvalue weighted by Crippen LogP contribution is 2.21. The fourth-order valence-electron chi connectivity index (χ4n) is 1.21. The van der Waals surface area contributed by atoms with Crippen molar-refractivity contribution < 1.29 is 19.4 Å². The number of nitrogens with zero attached hydrogens (tertiary/aromatic N) is 1. The van der Waals surface area contributed by atoms with Gasteiger partial charge in [0.2, 0.25) is 6.08 Å². The van der Waals surface area contributed by atoms with E-state index in [-0.39, 0.29) is 6.29 Å². The Morgan fingerprint density at radius 2 is 2.14 bits per heavy atom. The van der Waals surface area contributed by atoms with Crippen molar-refractivity contribution in [3.05, 3.63) is 0 Å². The Kier molecular flexibility index (Phi) is 3.77. The molecule has 80 valence electrons. The van der Waals surface area contributed by atoms with Crippen molar-refractivity contribution in [3.8, 4) is 0 Å². The van der Waals surface area contributed by atoms with E-state index >= 15 is 0 Å². The molecule has 0 spiro atoms. The van der Waals surface area contributed by atoms with Crippen molar-refractivity contribution in [2.75, 3.05) is 13.2 Å². The first kappa shape index (κ1) is 11.3. The summed E-state index contributed by atoms with van der Waals surface area (Å²) in [6.07, 6.45) is 0.610. The maximum Gasteiger partial charge on any atom is 0.235 e. The molecule has 0 aromatic heterocycles. The van der Waals surface area contributed by atoms with Crippen LogP contribution >= 0.6 is 0 Å². The van der Waals surface area contributed by atoms with E-state index in [1.807, 2.05) is 0 Å². The lowest BCUT2D eigenvalue weighted by atomic mass is 9.95. The third-order valence-corrected chi connectivity index (χ3v) is 2.26. The minimum Gasteiger partial charge on any atom is -0.390 e. The van der Waals surface area contributed by atoms with E-state index in [2.05, 4.69) is 4.99 Å². The molecule has 1 fully saturated rings. The largest absolute Gasteiger partial charge is 0.390 e. The maximum atomic E-state index is 10.1. The zero-order chi connectivity index (χ0) is 10.6. The van der Waals surface area contributed by atoms with Crippen LogP contribution in [0.15, 0.2) is 4.99 Å². The molecule has 1 heterocycles. The Balaban J connectivity index is 2.46. The van der Waals surface area contributed by atoms with Gasteiger partial charge in [0.15, 0.2) is 6.29 Å². The van der Waals surface area contributed by atoms with Gasteiger partial charge < -0.3 is 14.6 Å². The summed E-state index contributed by atoms with van der Waals surface area (Å²) < 4.78 is 10.3. The topological polar surface area (TPSA) is 68.1 Å². The molecule has 0 bridgehead atoms. The molecule has 1 saturated heterocycles. The summed E-state index contributed by atoms with van der Waals surface area (Å²) in [6, 6.07) is 0. The first-order valence-electron chi connectivity index (χ1n) is 4.56. The summed E-state index contributed by atoms with van der Waals surface area (Å²) in [5.41, 5.74) is -0.836. The average Bonchev–Trinajstić information content (AvgIpc) is 2.56. The van der Waals surface area contributed by atoms with Gasteiger partial charge in [0, 0.05) is 6.42 Å². The molecule has 0 radical (unpaired) electrons. The summed E-state index contributed by atoms with van der Waals surface area (Å²) in [7, 11) is 0. The van der Waals surface area contributed by atoms with Gasteiger partial charge in [-0.15, -0.1) is 0 Å². The van der Waals surface area contributed by atoms with E-state index in [0.29, 0.717) is 19.6 Å². The van der Waals surface area contributed by atoms with E-state index in [1.165, 1.54) is 6.08 Å². The molecule has 5 nitrogen and oxygen atoms in total. The Morgan fingerprint density at radius 3 is 2.64 bits per heavy atom. The molecule has 1 atom stereocenters.